The number of hydrogen-bond donors (Lipinski definition) is 0. The summed E-state index contributed by atoms with van der Waals surface area (Å²) < 4.78 is 12.6. The highest BCUT2D eigenvalue weighted by Crippen LogP contribution is 2.28. The van der Waals surface area contributed by atoms with Crippen LogP contribution in [0, 0.1) is 18.1 Å². The van der Waals surface area contributed by atoms with Gasteiger partial charge in [-0.2, -0.15) is 0 Å². The fourth-order valence-corrected chi connectivity index (χ4v) is 2.04. The smallest absolute Gasteiger partial charge is 0.123 e. The Balaban J connectivity index is 2.47. The molecule has 2 aromatic rings. The molecular formula is C11H8FS. The largest absolute Gasteiger partial charge is 0.207 e. The van der Waals surface area contributed by atoms with E-state index in [-0.39, 0.29) is 5.82 Å². The van der Waals surface area contributed by atoms with Gasteiger partial charge < -0.3 is 0 Å². The Hall–Kier alpha value is -1.15. The molecule has 2 heteroatoms. The molecule has 0 spiro atoms. The van der Waals surface area contributed by atoms with Gasteiger partial charge in [-0.25, -0.2) is 4.39 Å². The summed E-state index contributed by atoms with van der Waals surface area (Å²) in [5, 5.41) is 3.06. The van der Waals surface area contributed by atoms with Crippen molar-refractivity contribution in [3.8, 4) is 10.4 Å². The van der Waals surface area contributed by atoms with Crippen LogP contribution in [-0.4, -0.2) is 0 Å². The summed E-state index contributed by atoms with van der Waals surface area (Å²) in [6.07, 6.45) is 0. The first-order valence-electron chi connectivity index (χ1n) is 4.00. The Morgan fingerprint density at radius 3 is 2.46 bits per heavy atom. The van der Waals surface area contributed by atoms with Crippen LogP contribution in [0.3, 0.4) is 0 Å². The summed E-state index contributed by atoms with van der Waals surface area (Å²) in [6, 6.07) is 8.50. The van der Waals surface area contributed by atoms with Crippen molar-refractivity contribution in [3.63, 3.8) is 0 Å². The van der Waals surface area contributed by atoms with Crippen molar-refractivity contribution in [2.75, 3.05) is 0 Å². The summed E-state index contributed by atoms with van der Waals surface area (Å²) in [6.45, 7) is 2.03. The lowest BCUT2D eigenvalue weighted by Crippen LogP contribution is -1.76. The van der Waals surface area contributed by atoms with Crippen LogP contribution in [0.1, 0.15) is 5.56 Å². The average Bonchev–Trinajstić information content (AvgIpc) is 2.53. The molecule has 1 heterocycles. The zero-order valence-electron chi connectivity index (χ0n) is 7.17. The molecular weight excluding hydrogens is 183 g/mol. The Morgan fingerprint density at radius 1 is 1.23 bits per heavy atom. The number of rotatable bonds is 1. The highest BCUT2D eigenvalue weighted by molar-refractivity contribution is 7.13. The van der Waals surface area contributed by atoms with E-state index in [1.165, 1.54) is 22.6 Å². The minimum absolute atomic E-state index is 0.193. The highest BCUT2D eigenvalue weighted by Gasteiger charge is 2.02. The lowest BCUT2D eigenvalue weighted by Gasteiger charge is -1.98. The normalized spacial score (nSPS) is 10.3. The Labute approximate surface area is 80.7 Å². The topological polar surface area (TPSA) is 0 Å². The quantitative estimate of drug-likeness (QED) is 0.645. The maximum absolute atomic E-state index is 12.6. The zero-order valence-corrected chi connectivity index (χ0v) is 7.99. The number of halogens is 1. The van der Waals surface area contributed by atoms with Crippen LogP contribution in [-0.2, 0) is 0 Å². The molecule has 65 valence electrons. The van der Waals surface area contributed by atoms with E-state index >= 15 is 0 Å². The lowest BCUT2D eigenvalue weighted by atomic mass is 10.1. The molecule has 0 N–H and O–H groups in total. The molecule has 2 rings (SSSR count). The van der Waals surface area contributed by atoms with E-state index < -0.39 is 0 Å². The molecule has 0 aliphatic rings. The maximum Gasteiger partial charge on any atom is 0.123 e. The van der Waals surface area contributed by atoms with E-state index in [0.29, 0.717) is 0 Å². The summed E-state index contributed by atoms with van der Waals surface area (Å²) in [5.74, 6) is -0.193. The second kappa shape index (κ2) is 3.30. The first kappa shape index (κ1) is 8.45. The van der Waals surface area contributed by atoms with Gasteiger partial charge in [0.2, 0.25) is 0 Å². The van der Waals surface area contributed by atoms with Crippen LogP contribution >= 0.6 is 11.3 Å². The van der Waals surface area contributed by atoms with Crippen LogP contribution in [0.15, 0.2) is 30.3 Å². The van der Waals surface area contributed by atoms with E-state index in [1.807, 2.05) is 13.0 Å². The molecule has 1 aromatic heterocycles. The minimum Gasteiger partial charge on any atom is -0.207 e. The average molecular weight is 191 g/mol. The van der Waals surface area contributed by atoms with E-state index in [4.69, 9.17) is 0 Å². The third-order valence-electron chi connectivity index (χ3n) is 1.90. The van der Waals surface area contributed by atoms with Crippen LogP contribution in [0.2, 0.25) is 0 Å². The van der Waals surface area contributed by atoms with Gasteiger partial charge in [0.1, 0.15) is 5.82 Å². The summed E-state index contributed by atoms with van der Waals surface area (Å²) in [4.78, 5) is 1.17. The van der Waals surface area contributed by atoms with Gasteiger partial charge >= 0.3 is 0 Å². The Kier molecular flexibility index (Phi) is 2.15. The SMILES string of the molecule is Cc1c[c]sc1-c1ccc(F)cc1. The maximum atomic E-state index is 12.6. The Bertz CT molecular complexity index is 400. The van der Waals surface area contributed by atoms with Gasteiger partial charge in [-0.05, 0) is 36.2 Å². The Morgan fingerprint density at radius 2 is 1.92 bits per heavy atom. The van der Waals surface area contributed by atoms with E-state index in [0.717, 1.165) is 5.56 Å². The summed E-state index contributed by atoms with van der Waals surface area (Å²) in [7, 11) is 0. The molecule has 13 heavy (non-hydrogen) atoms. The first-order chi connectivity index (χ1) is 6.27. The summed E-state index contributed by atoms with van der Waals surface area (Å²) in [5.41, 5.74) is 2.25. The van der Waals surface area contributed by atoms with Crippen molar-refractivity contribution in [1.82, 2.24) is 0 Å². The lowest BCUT2D eigenvalue weighted by molar-refractivity contribution is 0.628. The molecule has 0 aliphatic carbocycles. The predicted molar refractivity (Wildman–Crippen MR) is 53.3 cm³/mol. The molecule has 0 saturated carbocycles. The van der Waals surface area contributed by atoms with Crippen molar-refractivity contribution in [2.45, 2.75) is 6.92 Å². The van der Waals surface area contributed by atoms with Gasteiger partial charge in [0.15, 0.2) is 0 Å². The third kappa shape index (κ3) is 1.63. The molecule has 0 fully saturated rings. The second-order valence-electron chi connectivity index (χ2n) is 2.88. The third-order valence-corrected chi connectivity index (χ3v) is 2.90. The van der Waals surface area contributed by atoms with Crippen LogP contribution < -0.4 is 0 Å². The van der Waals surface area contributed by atoms with Crippen LogP contribution in [0.25, 0.3) is 10.4 Å². The van der Waals surface area contributed by atoms with Crippen molar-refractivity contribution in [1.29, 1.82) is 0 Å². The van der Waals surface area contributed by atoms with Crippen molar-refractivity contribution in [3.05, 3.63) is 47.1 Å². The number of benzene rings is 1. The van der Waals surface area contributed by atoms with Gasteiger partial charge in [-0.15, -0.1) is 11.3 Å². The van der Waals surface area contributed by atoms with Gasteiger partial charge in [0, 0.05) is 10.3 Å². The molecule has 0 atom stereocenters. The fraction of sp³-hybridized carbons (Fsp3) is 0.0909. The molecule has 1 radical (unpaired) electrons. The van der Waals surface area contributed by atoms with Gasteiger partial charge in [-0.3, -0.25) is 0 Å². The first-order valence-corrected chi connectivity index (χ1v) is 4.81. The van der Waals surface area contributed by atoms with E-state index in [1.54, 1.807) is 23.5 Å². The van der Waals surface area contributed by atoms with Gasteiger partial charge in [0.05, 0.1) is 0 Å². The van der Waals surface area contributed by atoms with Crippen LogP contribution in [0.4, 0.5) is 4.39 Å². The molecule has 0 aliphatic heterocycles. The van der Waals surface area contributed by atoms with Crippen LogP contribution in [0.5, 0.6) is 0 Å². The van der Waals surface area contributed by atoms with Crippen molar-refractivity contribution >= 4 is 11.3 Å². The zero-order chi connectivity index (χ0) is 9.26. The second-order valence-corrected chi connectivity index (χ2v) is 3.73. The number of thiophene rings is 1. The van der Waals surface area contributed by atoms with Gasteiger partial charge in [-0.1, -0.05) is 12.1 Å². The monoisotopic (exact) mass is 191 g/mol. The molecule has 0 amide bonds. The molecule has 1 aromatic carbocycles. The van der Waals surface area contributed by atoms with E-state index in [2.05, 4.69) is 5.38 Å². The van der Waals surface area contributed by atoms with Crippen molar-refractivity contribution < 1.29 is 4.39 Å². The molecule has 0 bridgehead atoms. The molecule has 0 unspecified atom stereocenters. The minimum atomic E-state index is -0.193. The van der Waals surface area contributed by atoms with Crippen molar-refractivity contribution in [2.24, 2.45) is 0 Å². The molecule has 0 nitrogen and oxygen atoms in total. The standard InChI is InChI=1S/C11H8FS/c1-8-6-7-13-11(8)9-2-4-10(12)5-3-9/h2-6H,1H3. The highest BCUT2D eigenvalue weighted by atomic mass is 32.1. The van der Waals surface area contributed by atoms with E-state index in [9.17, 15) is 4.39 Å². The van der Waals surface area contributed by atoms with Gasteiger partial charge in [0.25, 0.3) is 0 Å². The molecule has 0 saturated heterocycles. The number of aryl methyl sites for hydroxylation is 1. The fourth-order valence-electron chi connectivity index (χ4n) is 1.21. The predicted octanol–water partition coefficient (Wildman–Crippen LogP) is 3.66. The number of hydrogen-bond acceptors (Lipinski definition) is 1. The summed E-state index contributed by atoms with van der Waals surface area (Å²) >= 11 is 1.56.